The Balaban J connectivity index is 1.68. The van der Waals surface area contributed by atoms with Gasteiger partial charge < -0.3 is 10.1 Å². The number of carbonyl (C=O) groups is 1. The Labute approximate surface area is 112 Å². The van der Waals surface area contributed by atoms with Gasteiger partial charge in [-0.1, -0.05) is 36.4 Å². The lowest BCUT2D eigenvalue weighted by Gasteiger charge is -2.26. The molecule has 0 radical (unpaired) electrons. The highest BCUT2D eigenvalue weighted by Crippen LogP contribution is 2.23. The van der Waals surface area contributed by atoms with Crippen LogP contribution in [0.4, 0.5) is 0 Å². The third kappa shape index (κ3) is 2.60. The molecule has 1 N–H and O–H groups in total. The molecule has 0 fully saturated rings. The molecule has 3 rings (SSSR count). The monoisotopic (exact) mass is 253 g/mol. The maximum absolute atomic E-state index is 12.1. The van der Waals surface area contributed by atoms with Crippen LogP contribution in [0.5, 0.6) is 5.75 Å². The first kappa shape index (κ1) is 11.8. The second-order valence-corrected chi connectivity index (χ2v) is 4.66. The lowest BCUT2D eigenvalue weighted by atomic mass is 10.0. The van der Waals surface area contributed by atoms with Gasteiger partial charge in [-0.2, -0.15) is 0 Å². The molecule has 2 aromatic carbocycles. The van der Waals surface area contributed by atoms with Crippen molar-refractivity contribution >= 4 is 5.91 Å². The van der Waals surface area contributed by atoms with Gasteiger partial charge in [-0.3, -0.25) is 4.79 Å². The van der Waals surface area contributed by atoms with E-state index in [4.69, 9.17) is 4.74 Å². The van der Waals surface area contributed by atoms with Crippen LogP contribution in [0, 0.1) is 0 Å². The van der Waals surface area contributed by atoms with Crippen molar-refractivity contribution < 1.29 is 9.53 Å². The van der Waals surface area contributed by atoms with E-state index in [1.807, 2.05) is 54.6 Å². The molecule has 96 valence electrons. The van der Waals surface area contributed by atoms with Gasteiger partial charge >= 0.3 is 0 Å². The topological polar surface area (TPSA) is 38.3 Å². The molecule has 1 aliphatic heterocycles. The molecule has 0 unspecified atom stereocenters. The van der Waals surface area contributed by atoms with E-state index < -0.39 is 0 Å². The Morgan fingerprint density at radius 3 is 2.63 bits per heavy atom. The molecule has 1 aliphatic rings. The molecule has 19 heavy (non-hydrogen) atoms. The van der Waals surface area contributed by atoms with Crippen LogP contribution < -0.4 is 10.1 Å². The fourth-order valence-electron chi connectivity index (χ4n) is 2.28. The van der Waals surface area contributed by atoms with E-state index in [0.717, 1.165) is 17.7 Å². The number of carbonyl (C=O) groups excluding carboxylic acids is 1. The van der Waals surface area contributed by atoms with E-state index in [1.54, 1.807) is 0 Å². The Morgan fingerprint density at radius 2 is 1.79 bits per heavy atom. The molecule has 0 aliphatic carbocycles. The van der Waals surface area contributed by atoms with Crippen molar-refractivity contribution in [2.45, 2.75) is 12.5 Å². The Kier molecular flexibility index (Phi) is 3.19. The molecule has 3 heteroatoms. The third-order valence-corrected chi connectivity index (χ3v) is 3.25. The first-order valence-corrected chi connectivity index (χ1v) is 6.39. The highest BCUT2D eigenvalue weighted by Gasteiger charge is 2.21. The average molecular weight is 253 g/mol. The number of nitrogens with one attached hydrogen (secondary N) is 1. The van der Waals surface area contributed by atoms with Crippen LogP contribution in [0.1, 0.15) is 15.9 Å². The number of hydrogen-bond donors (Lipinski definition) is 1. The zero-order chi connectivity index (χ0) is 13.1. The fraction of sp³-hybridized carbons (Fsp3) is 0.188. The van der Waals surface area contributed by atoms with Crippen molar-refractivity contribution in [2.75, 3.05) is 6.61 Å². The summed E-state index contributed by atoms with van der Waals surface area (Å²) in [7, 11) is 0. The number of amides is 1. The molecule has 0 saturated carbocycles. The summed E-state index contributed by atoms with van der Waals surface area (Å²) < 4.78 is 5.66. The van der Waals surface area contributed by atoms with Gasteiger partial charge in [0, 0.05) is 5.56 Å². The van der Waals surface area contributed by atoms with Crippen molar-refractivity contribution in [1.82, 2.24) is 5.32 Å². The summed E-state index contributed by atoms with van der Waals surface area (Å²) in [5.41, 5.74) is 1.83. The van der Waals surface area contributed by atoms with Crippen molar-refractivity contribution in [3.05, 3.63) is 65.7 Å². The smallest absolute Gasteiger partial charge is 0.251 e. The summed E-state index contributed by atoms with van der Waals surface area (Å²) >= 11 is 0. The second-order valence-electron chi connectivity index (χ2n) is 4.66. The number of fused-ring (bicyclic) bond motifs is 1. The summed E-state index contributed by atoms with van der Waals surface area (Å²) in [5.74, 6) is 0.876. The zero-order valence-electron chi connectivity index (χ0n) is 10.5. The standard InChI is InChI=1S/C16H15NO2/c18-16(12-6-2-1-3-7-12)17-14-10-13-8-4-5-9-15(13)19-11-14/h1-9,14H,10-11H2,(H,17,18)/t14-/m0/s1. The minimum absolute atomic E-state index is 0.0302. The Morgan fingerprint density at radius 1 is 1.05 bits per heavy atom. The second kappa shape index (κ2) is 5.14. The molecule has 0 saturated heterocycles. The predicted octanol–water partition coefficient (Wildman–Crippen LogP) is 2.42. The van der Waals surface area contributed by atoms with Gasteiger partial charge in [0.1, 0.15) is 12.4 Å². The van der Waals surface area contributed by atoms with E-state index in [0.29, 0.717) is 12.2 Å². The molecule has 1 amide bonds. The largest absolute Gasteiger partial charge is 0.491 e. The van der Waals surface area contributed by atoms with Gasteiger partial charge in [0.15, 0.2) is 0 Å². The molecule has 2 aromatic rings. The molecule has 0 bridgehead atoms. The van der Waals surface area contributed by atoms with E-state index >= 15 is 0 Å². The molecule has 1 atom stereocenters. The van der Waals surface area contributed by atoms with Crippen LogP contribution in [0.3, 0.4) is 0 Å². The van der Waals surface area contributed by atoms with Crippen molar-refractivity contribution in [3.8, 4) is 5.75 Å². The molecular formula is C16H15NO2. The summed E-state index contributed by atoms with van der Waals surface area (Å²) in [6.07, 6.45) is 0.814. The summed E-state index contributed by atoms with van der Waals surface area (Å²) in [6, 6.07) is 17.2. The summed E-state index contributed by atoms with van der Waals surface area (Å²) in [6.45, 7) is 0.523. The third-order valence-electron chi connectivity index (χ3n) is 3.25. The van der Waals surface area contributed by atoms with Gasteiger partial charge in [0.05, 0.1) is 6.04 Å². The lowest BCUT2D eigenvalue weighted by molar-refractivity contribution is 0.0915. The number of para-hydroxylation sites is 1. The van der Waals surface area contributed by atoms with Gasteiger partial charge in [-0.15, -0.1) is 0 Å². The first-order valence-electron chi connectivity index (χ1n) is 6.39. The Hall–Kier alpha value is -2.29. The number of hydrogen-bond acceptors (Lipinski definition) is 2. The van der Waals surface area contributed by atoms with Crippen molar-refractivity contribution in [1.29, 1.82) is 0 Å². The van der Waals surface area contributed by atoms with Crippen molar-refractivity contribution in [3.63, 3.8) is 0 Å². The number of ether oxygens (including phenoxy) is 1. The minimum Gasteiger partial charge on any atom is -0.491 e. The minimum atomic E-state index is -0.0476. The van der Waals surface area contributed by atoms with E-state index in [-0.39, 0.29) is 11.9 Å². The van der Waals surface area contributed by atoms with E-state index in [1.165, 1.54) is 0 Å². The molecule has 3 nitrogen and oxygen atoms in total. The van der Waals surface area contributed by atoms with Crippen LogP contribution >= 0.6 is 0 Å². The molecule has 0 aromatic heterocycles. The normalized spacial score (nSPS) is 17.2. The van der Waals surface area contributed by atoms with Gasteiger partial charge in [-0.05, 0) is 30.2 Å². The average Bonchev–Trinajstić information content (AvgIpc) is 2.48. The summed E-state index contributed by atoms with van der Waals surface area (Å²) in [5, 5.41) is 3.01. The zero-order valence-corrected chi connectivity index (χ0v) is 10.5. The highest BCUT2D eigenvalue weighted by molar-refractivity contribution is 5.94. The Bertz CT molecular complexity index is 580. The highest BCUT2D eigenvalue weighted by atomic mass is 16.5. The fourth-order valence-corrected chi connectivity index (χ4v) is 2.28. The van der Waals surface area contributed by atoms with Crippen LogP contribution in [0.2, 0.25) is 0 Å². The molecule has 0 spiro atoms. The van der Waals surface area contributed by atoms with Crippen LogP contribution in [0.25, 0.3) is 0 Å². The van der Waals surface area contributed by atoms with E-state index in [2.05, 4.69) is 5.32 Å². The maximum atomic E-state index is 12.1. The molecular weight excluding hydrogens is 238 g/mol. The van der Waals surface area contributed by atoms with Crippen molar-refractivity contribution in [2.24, 2.45) is 0 Å². The van der Waals surface area contributed by atoms with Crippen LogP contribution in [0.15, 0.2) is 54.6 Å². The SMILES string of the molecule is O=C(N[C@@H]1COc2ccccc2C1)c1ccccc1. The lowest BCUT2D eigenvalue weighted by Crippen LogP contribution is -2.42. The quantitative estimate of drug-likeness (QED) is 0.892. The number of rotatable bonds is 2. The van der Waals surface area contributed by atoms with Gasteiger partial charge in [0.25, 0.3) is 5.91 Å². The van der Waals surface area contributed by atoms with Crippen LogP contribution in [-0.2, 0) is 6.42 Å². The molecule has 1 heterocycles. The first-order chi connectivity index (χ1) is 9.33. The van der Waals surface area contributed by atoms with E-state index in [9.17, 15) is 4.79 Å². The number of benzene rings is 2. The van der Waals surface area contributed by atoms with Crippen LogP contribution in [-0.4, -0.2) is 18.6 Å². The van der Waals surface area contributed by atoms with Gasteiger partial charge in [-0.25, -0.2) is 0 Å². The summed E-state index contributed by atoms with van der Waals surface area (Å²) in [4.78, 5) is 12.1. The van der Waals surface area contributed by atoms with Gasteiger partial charge in [0.2, 0.25) is 0 Å². The maximum Gasteiger partial charge on any atom is 0.251 e. The predicted molar refractivity (Wildman–Crippen MR) is 73.3 cm³/mol.